The summed E-state index contributed by atoms with van der Waals surface area (Å²) >= 11 is 1.81. The van der Waals surface area contributed by atoms with Gasteiger partial charge in [0.1, 0.15) is 0 Å². The van der Waals surface area contributed by atoms with E-state index in [1.807, 2.05) is 0 Å². The van der Waals surface area contributed by atoms with Crippen LogP contribution in [0.2, 0.25) is 0 Å². The zero-order valence-corrected chi connectivity index (χ0v) is 9.40. The van der Waals surface area contributed by atoms with Crippen molar-refractivity contribution in [2.24, 2.45) is 16.5 Å². The van der Waals surface area contributed by atoms with Crippen molar-refractivity contribution in [3.63, 3.8) is 0 Å². The molecule has 0 aliphatic heterocycles. The molecule has 78 valence electrons. The van der Waals surface area contributed by atoms with Gasteiger partial charge < -0.3 is 11.5 Å². The largest absolute Gasteiger partial charge is 0.370 e. The van der Waals surface area contributed by atoms with Crippen LogP contribution in [0.3, 0.4) is 0 Å². The second-order valence-electron chi connectivity index (χ2n) is 3.26. The summed E-state index contributed by atoms with van der Waals surface area (Å²) in [5.74, 6) is 0.198. The standard InChI is InChI=1S/C9H13N3S.ClH/c10-9(11)12-7-2-1-3-8-6(7)4-5-13-8;/h4-5,7H,1-3H2,(H4,10,11,12);1H. The third-order valence-electron chi connectivity index (χ3n) is 2.33. The highest BCUT2D eigenvalue weighted by molar-refractivity contribution is 7.10. The SMILES string of the molecule is Cl.NC(N)=NC1CCCc2sccc21. The summed E-state index contributed by atoms with van der Waals surface area (Å²) in [7, 11) is 0. The maximum absolute atomic E-state index is 5.38. The van der Waals surface area contributed by atoms with Crippen LogP contribution in [-0.2, 0) is 6.42 Å². The number of thiophene rings is 1. The lowest BCUT2D eigenvalue weighted by atomic mass is 9.95. The van der Waals surface area contributed by atoms with Gasteiger partial charge in [-0.15, -0.1) is 23.7 Å². The Kier molecular flexibility index (Phi) is 3.77. The van der Waals surface area contributed by atoms with Crippen molar-refractivity contribution < 1.29 is 0 Å². The van der Waals surface area contributed by atoms with Gasteiger partial charge in [-0.1, -0.05) is 0 Å². The monoisotopic (exact) mass is 231 g/mol. The van der Waals surface area contributed by atoms with Gasteiger partial charge in [-0.3, -0.25) is 0 Å². The predicted molar refractivity (Wildman–Crippen MR) is 63.1 cm³/mol. The Balaban J connectivity index is 0.000000980. The topological polar surface area (TPSA) is 64.4 Å². The summed E-state index contributed by atoms with van der Waals surface area (Å²) in [4.78, 5) is 5.67. The molecule has 1 aromatic heterocycles. The number of guanidine groups is 1. The molecule has 1 atom stereocenters. The maximum atomic E-state index is 5.38. The van der Waals surface area contributed by atoms with Crippen LogP contribution in [0.15, 0.2) is 16.4 Å². The van der Waals surface area contributed by atoms with E-state index >= 15 is 0 Å². The van der Waals surface area contributed by atoms with Crippen molar-refractivity contribution in [1.29, 1.82) is 0 Å². The molecule has 1 aliphatic carbocycles. The quantitative estimate of drug-likeness (QED) is 0.572. The first-order valence-corrected chi connectivity index (χ1v) is 5.30. The molecule has 0 bridgehead atoms. The molecule has 2 rings (SSSR count). The number of halogens is 1. The minimum Gasteiger partial charge on any atom is -0.370 e. The minimum atomic E-state index is 0. The summed E-state index contributed by atoms with van der Waals surface area (Å²) < 4.78 is 0. The first-order valence-electron chi connectivity index (χ1n) is 4.42. The maximum Gasteiger partial charge on any atom is 0.186 e. The third-order valence-corrected chi connectivity index (χ3v) is 3.32. The van der Waals surface area contributed by atoms with Crippen LogP contribution in [0, 0.1) is 0 Å². The van der Waals surface area contributed by atoms with Gasteiger partial charge in [0.15, 0.2) is 5.96 Å². The summed E-state index contributed by atoms with van der Waals surface area (Å²) in [6, 6.07) is 2.34. The van der Waals surface area contributed by atoms with E-state index in [1.54, 1.807) is 11.3 Å². The lowest BCUT2D eigenvalue weighted by Crippen LogP contribution is -2.24. The second-order valence-corrected chi connectivity index (χ2v) is 4.26. The van der Waals surface area contributed by atoms with Crippen LogP contribution >= 0.6 is 23.7 Å². The molecule has 5 heteroatoms. The Morgan fingerprint density at radius 3 is 3.00 bits per heavy atom. The number of nitrogens with two attached hydrogens (primary N) is 2. The van der Waals surface area contributed by atoms with E-state index in [0.29, 0.717) is 0 Å². The van der Waals surface area contributed by atoms with Crippen molar-refractivity contribution in [1.82, 2.24) is 0 Å². The number of aliphatic imine (C=N–C) groups is 1. The van der Waals surface area contributed by atoms with Gasteiger partial charge in [-0.25, -0.2) is 4.99 Å². The second kappa shape index (κ2) is 4.66. The van der Waals surface area contributed by atoms with E-state index in [0.717, 1.165) is 6.42 Å². The highest BCUT2D eigenvalue weighted by atomic mass is 35.5. The van der Waals surface area contributed by atoms with Crippen LogP contribution in [0.5, 0.6) is 0 Å². The van der Waals surface area contributed by atoms with E-state index in [4.69, 9.17) is 11.5 Å². The number of aryl methyl sites for hydroxylation is 1. The molecule has 0 saturated heterocycles. The van der Waals surface area contributed by atoms with Crippen molar-refractivity contribution in [2.75, 3.05) is 0 Å². The fourth-order valence-electron chi connectivity index (χ4n) is 1.78. The number of fused-ring (bicyclic) bond motifs is 1. The van der Waals surface area contributed by atoms with Crippen LogP contribution in [-0.4, -0.2) is 5.96 Å². The van der Waals surface area contributed by atoms with E-state index in [1.165, 1.54) is 23.3 Å². The van der Waals surface area contributed by atoms with Gasteiger partial charge in [-0.05, 0) is 36.3 Å². The average molecular weight is 232 g/mol. The van der Waals surface area contributed by atoms with Crippen molar-refractivity contribution in [3.8, 4) is 0 Å². The zero-order chi connectivity index (χ0) is 9.26. The van der Waals surface area contributed by atoms with Gasteiger partial charge in [-0.2, -0.15) is 0 Å². The highest BCUT2D eigenvalue weighted by Gasteiger charge is 2.20. The molecule has 0 fully saturated rings. The van der Waals surface area contributed by atoms with Crippen LogP contribution in [0.1, 0.15) is 29.3 Å². The molecule has 1 heterocycles. The lowest BCUT2D eigenvalue weighted by molar-refractivity contribution is 0.579. The van der Waals surface area contributed by atoms with E-state index < -0.39 is 0 Å². The summed E-state index contributed by atoms with van der Waals surface area (Å²) in [6.07, 6.45) is 3.44. The third kappa shape index (κ3) is 2.19. The molecular weight excluding hydrogens is 218 g/mol. The number of hydrogen-bond donors (Lipinski definition) is 2. The molecule has 1 aromatic rings. The van der Waals surface area contributed by atoms with Gasteiger partial charge in [0.25, 0.3) is 0 Å². The Morgan fingerprint density at radius 1 is 1.50 bits per heavy atom. The van der Waals surface area contributed by atoms with E-state index in [2.05, 4.69) is 16.4 Å². The fraction of sp³-hybridized carbons (Fsp3) is 0.444. The molecular formula is C9H14ClN3S. The fourth-order valence-corrected chi connectivity index (χ4v) is 2.76. The molecule has 3 nitrogen and oxygen atoms in total. The smallest absolute Gasteiger partial charge is 0.186 e. The Labute approximate surface area is 93.6 Å². The van der Waals surface area contributed by atoms with Crippen LogP contribution < -0.4 is 11.5 Å². The molecule has 1 aliphatic rings. The normalized spacial score (nSPS) is 19.3. The average Bonchev–Trinajstić information content (AvgIpc) is 2.51. The first kappa shape index (κ1) is 11.3. The Hall–Kier alpha value is -0.740. The summed E-state index contributed by atoms with van der Waals surface area (Å²) in [5, 5.41) is 2.12. The van der Waals surface area contributed by atoms with Gasteiger partial charge in [0.05, 0.1) is 6.04 Å². The van der Waals surface area contributed by atoms with Gasteiger partial charge >= 0.3 is 0 Å². The lowest BCUT2D eigenvalue weighted by Gasteiger charge is -2.18. The molecule has 0 spiro atoms. The van der Waals surface area contributed by atoms with Crippen molar-refractivity contribution >= 4 is 29.7 Å². The molecule has 14 heavy (non-hydrogen) atoms. The summed E-state index contributed by atoms with van der Waals surface area (Å²) in [6.45, 7) is 0. The van der Waals surface area contributed by atoms with Crippen molar-refractivity contribution in [2.45, 2.75) is 25.3 Å². The van der Waals surface area contributed by atoms with E-state index in [-0.39, 0.29) is 24.4 Å². The van der Waals surface area contributed by atoms with Gasteiger partial charge in [0.2, 0.25) is 0 Å². The Bertz CT molecular complexity index is 331. The van der Waals surface area contributed by atoms with Gasteiger partial charge in [0, 0.05) is 4.88 Å². The van der Waals surface area contributed by atoms with Crippen LogP contribution in [0.4, 0.5) is 0 Å². The molecule has 0 aromatic carbocycles. The Morgan fingerprint density at radius 2 is 2.29 bits per heavy atom. The number of rotatable bonds is 1. The zero-order valence-electron chi connectivity index (χ0n) is 7.77. The van der Waals surface area contributed by atoms with Crippen LogP contribution in [0.25, 0.3) is 0 Å². The molecule has 4 N–H and O–H groups in total. The molecule has 0 amide bonds. The first-order chi connectivity index (χ1) is 6.27. The predicted octanol–water partition coefficient (Wildman–Crippen LogP) is 1.82. The highest BCUT2D eigenvalue weighted by Crippen LogP contribution is 2.35. The van der Waals surface area contributed by atoms with E-state index in [9.17, 15) is 0 Å². The molecule has 0 radical (unpaired) electrons. The number of hydrogen-bond acceptors (Lipinski definition) is 2. The molecule has 0 saturated carbocycles. The molecule has 1 unspecified atom stereocenters. The number of nitrogens with zero attached hydrogens (tertiary/aromatic N) is 1. The van der Waals surface area contributed by atoms with Crippen molar-refractivity contribution in [3.05, 3.63) is 21.9 Å². The summed E-state index contributed by atoms with van der Waals surface area (Å²) in [5.41, 5.74) is 12.1. The minimum absolute atomic E-state index is 0.